The van der Waals surface area contributed by atoms with Crippen LogP contribution in [0.5, 0.6) is 0 Å². The maximum Gasteiger partial charge on any atom is 0.0688 e. The number of thioether (sulfide) groups is 1. The van der Waals surface area contributed by atoms with Crippen LogP contribution < -0.4 is 11.5 Å². The third-order valence-corrected chi connectivity index (χ3v) is 2.48. The van der Waals surface area contributed by atoms with E-state index >= 15 is 0 Å². The summed E-state index contributed by atoms with van der Waals surface area (Å²) in [7, 11) is 0. The molecule has 0 aliphatic rings. The number of hydrogen-bond acceptors (Lipinski definition) is 3. The highest BCUT2D eigenvalue weighted by molar-refractivity contribution is 7.98. The quantitative estimate of drug-likeness (QED) is 0.497. The molecule has 0 saturated heterocycles. The van der Waals surface area contributed by atoms with Crippen LogP contribution in [0.1, 0.15) is 5.56 Å². The van der Waals surface area contributed by atoms with Crippen LogP contribution in [0.3, 0.4) is 0 Å². The summed E-state index contributed by atoms with van der Waals surface area (Å²) < 4.78 is 0. The molecule has 2 nitrogen and oxygen atoms in total. The molecule has 1 rings (SSSR count). The SMILES string of the molecule is CSc1ccc(C)c(N)c1N. The summed E-state index contributed by atoms with van der Waals surface area (Å²) in [6.45, 7) is 1.95. The van der Waals surface area contributed by atoms with Crippen molar-refractivity contribution in [3.05, 3.63) is 17.7 Å². The summed E-state index contributed by atoms with van der Waals surface area (Å²) in [4.78, 5) is 1.05. The highest BCUT2D eigenvalue weighted by Gasteiger charge is 2.02. The van der Waals surface area contributed by atoms with Crippen molar-refractivity contribution in [1.29, 1.82) is 0 Å². The van der Waals surface area contributed by atoms with Gasteiger partial charge in [0.05, 0.1) is 11.4 Å². The zero-order valence-corrected chi connectivity index (χ0v) is 7.53. The second kappa shape index (κ2) is 3.05. The van der Waals surface area contributed by atoms with Crippen molar-refractivity contribution in [2.45, 2.75) is 11.8 Å². The first-order valence-electron chi connectivity index (χ1n) is 3.35. The third-order valence-electron chi connectivity index (χ3n) is 1.69. The second-order valence-electron chi connectivity index (χ2n) is 2.41. The van der Waals surface area contributed by atoms with Crippen LogP contribution in [0.15, 0.2) is 17.0 Å². The monoisotopic (exact) mass is 168 g/mol. The summed E-state index contributed by atoms with van der Waals surface area (Å²) in [5.41, 5.74) is 13.9. The highest BCUT2D eigenvalue weighted by atomic mass is 32.2. The van der Waals surface area contributed by atoms with Crippen molar-refractivity contribution in [3.63, 3.8) is 0 Å². The van der Waals surface area contributed by atoms with Crippen molar-refractivity contribution in [2.24, 2.45) is 0 Å². The molecule has 0 heterocycles. The summed E-state index contributed by atoms with van der Waals surface area (Å²) in [6, 6.07) is 3.98. The zero-order valence-electron chi connectivity index (χ0n) is 6.72. The number of nitrogens with two attached hydrogens (primary N) is 2. The maximum absolute atomic E-state index is 5.75. The van der Waals surface area contributed by atoms with Crippen LogP contribution in [0.2, 0.25) is 0 Å². The van der Waals surface area contributed by atoms with E-state index in [2.05, 4.69) is 0 Å². The molecule has 60 valence electrons. The highest BCUT2D eigenvalue weighted by Crippen LogP contribution is 2.29. The minimum atomic E-state index is 0.705. The molecule has 0 bridgehead atoms. The fourth-order valence-corrected chi connectivity index (χ4v) is 1.44. The average Bonchev–Trinajstić information content (AvgIpc) is 2.01. The molecule has 0 fully saturated rings. The minimum absolute atomic E-state index is 0.705. The van der Waals surface area contributed by atoms with Gasteiger partial charge in [0.1, 0.15) is 0 Å². The standard InChI is InChI=1S/C8H12N2S/c1-5-3-4-6(11-2)8(10)7(5)9/h3-4H,9-10H2,1-2H3. The first-order valence-corrected chi connectivity index (χ1v) is 4.58. The van der Waals surface area contributed by atoms with Gasteiger partial charge < -0.3 is 11.5 Å². The van der Waals surface area contributed by atoms with E-state index in [1.165, 1.54) is 0 Å². The number of aryl methyl sites for hydroxylation is 1. The lowest BCUT2D eigenvalue weighted by Gasteiger charge is -2.07. The van der Waals surface area contributed by atoms with Crippen molar-refractivity contribution >= 4 is 23.1 Å². The normalized spacial score (nSPS) is 10.0. The molecule has 0 aliphatic heterocycles. The molecule has 3 heteroatoms. The van der Waals surface area contributed by atoms with Gasteiger partial charge in [-0.15, -0.1) is 11.8 Å². The zero-order chi connectivity index (χ0) is 8.43. The Morgan fingerprint density at radius 1 is 1.18 bits per heavy atom. The van der Waals surface area contributed by atoms with E-state index in [-0.39, 0.29) is 0 Å². The largest absolute Gasteiger partial charge is 0.397 e. The topological polar surface area (TPSA) is 52.0 Å². The number of nitrogen functional groups attached to an aromatic ring is 2. The van der Waals surface area contributed by atoms with Crippen LogP contribution in [0.25, 0.3) is 0 Å². The predicted octanol–water partition coefficient (Wildman–Crippen LogP) is 1.88. The molecule has 1 aromatic rings. The predicted molar refractivity (Wildman–Crippen MR) is 51.8 cm³/mol. The summed E-state index contributed by atoms with van der Waals surface area (Å²) >= 11 is 1.61. The van der Waals surface area contributed by atoms with E-state index in [0.29, 0.717) is 11.4 Å². The average molecular weight is 168 g/mol. The van der Waals surface area contributed by atoms with Crippen molar-refractivity contribution in [1.82, 2.24) is 0 Å². The van der Waals surface area contributed by atoms with Crippen molar-refractivity contribution in [3.8, 4) is 0 Å². The Balaban J connectivity index is 3.25. The molecule has 0 unspecified atom stereocenters. The van der Waals surface area contributed by atoms with E-state index in [1.807, 2.05) is 25.3 Å². The maximum atomic E-state index is 5.75. The van der Waals surface area contributed by atoms with Gasteiger partial charge in [-0.2, -0.15) is 0 Å². The van der Waals surface area contributed by atoms with Gasteiger partial charge in [-0.05, 0) is 24.8 Å². The van der Waals surface area contributed by atoms with E-state index in [0.717, 1.165) is 10.5 Å². The molecule has 0 radical (unpaired) electrons. The van der Waals surface area contributed by atoms with Gasteiger partial charge in [-0.25, -0.2) is 0 Å². The van der Waals surface area contributed by atoms with E-state index in [9.17, 15) is 0 Å². The molecular weight excluding hydrogens is 156 g/mol. The summed E-state index contributed by atoms with van der Waals surface area (Å²) in [5, 5.41) is 0. The van der Waals surface area contributed by atoms with Gasteiger partial charge in [-0.3, -0.25) is 0 Å². The van der Waals surface area contributed by atoms with Crippen LogP contribution in [-0.4, -0.2) is 6.26 Å². The molecule has 4 N–H and O–H groups in total. The number of anilines is 2. The Hall–Kier alpha value is -0.830. The number of rotatable bonds is 1. The molecule has 0 saturated carbocycles. The molecule has 11 heavy (non-hydrogen) atoms. The third kappa shape index (κ3) is 1.43. The lowest BCUT2D eigenvalue weighted by Crippen LogP contribution is -1.98. The Morgan fingerprint density at radius 2 is 1.82 bits per heavy atom. The first kappa shape index (κ1) is 8.27. The fourth-order valence-electron chi connectivity index (χ4n) is 0.903. The molecule has 0 spiro atoms. The fraction of sp³-hybridized carbons (Fsp3) is 0.250. The molecular formula is C8H12N2S. The van der Waals surface area contributed by atoms with Crippen LogP contribution in [0.4, 0.5) is 11.4 Å². The van der Waals surface area contributed by atoms with Gasteiger partial charge in [0.2, 0.25) is 0 Å². The van der Waals surface area contributed by atoms with Gasteiger partial charge in [0.25, 0.3) is 0 Å². The van der Waals surface area contributed by atoms with Gasteiger partial charge >= 0.3 is 0 Å². The van der Waals surface area contributed by atoms with Gasteiger partial charge in [0, 0.05) is 4.90 Å². The smallest absolute Gasteiger partial charge is 0.0688 e. The van der Waals surface area contributed by atoms with E-state index in [4.69, 9.17) is 11.5 Å². The molecule has 1 aromatic carbocycles. The van der Waals surface area contributed by atoms with E-state index < -0.39 is 0 Å². The Kier molecular flexibility index (Phi) is 2.29. The summed E-state index contributed by atoms with van der Waals surface area (Å²) in [5.74, 6) is 0. The van der Waals surface area contributed by atoms with Crippen LogP contribution in [-0.2, 0) is 0 Å². The molecule has 0 amide bonds. The lowest BCUT2D eigenvalue weighted by molar-refractivity contribution is 1.39. The van der Waals surface area contributed by atoms with E-state index in [1.54, 1.807) is 11.8 Å². The molecule has 0 aromatic heterocycles. The van der Waals surface area contributed by atoms with Crippen LogP contribution >= 0.6 is 11.8 Å². The Bertz CT molecular complexity index is 271. The number of benzene rings is 1. The van der Waals surface area contributed by atoms with Crippen molar-refractivity contribution in [2.75, 3.05) is 17.7 Å². The van der Waals surface area contributed by atoms with Crippen molar-refractivity contribution < 1.29 is 0 Å². The molecule has 0 atom stereocenters. The minimum Gasteiger partial charge on any atom is -0.397 e. The first-order chi connectivity index (χ1) is 5.16. The van der Waals surface area contributed by atoms with Crippen LogP contribution in [0, 0.1) is 6.92 Å². The van der Waals surface area contributed by atoms with Gasteiger partial charge in [0.15, 0.2) is 0 Å². The Morgan fingerprint density at radius 3 is 2.36 bits per heavy atom. The molecule has 0 aliphatic carbocycles. The summed E-state index contributed by atoms with van der Waals surface area (Å²) in [6.07, 6.45) is 1.99. The lowest BCUT2D eigenvalue weighted by atomic mass is 10.2. The Labute approximate surface area is 71.0 Å². The second-order valence-corrected chi connectivity index (χ2v) is 3.26. The number of hydrogen-bond donors (Lipinski definition) is 2. The van der Waals surface area contributed by atoms with Gasteiger partial charge in [-0.1, -0.05) is 6.07 Å².